The second kappa shape index (κ2) is 12.3. The molecule has 0 spiro atoms. The standard InChI is InChI=1S/C33H36N2O4/c36-31(17-15-23-8-3-1-4-9-23)35(30-21-25-14-16-27(30)18-25)22-26-12-7-13-28(19-26)32(37)34-29(33(38)39)20-24-10-5-2-6-11-24/h1-13,19,25,27,29-30H,14-18,20-22H2,(H,34,37)(H,38,39)/t25?,27?,29-,30?/m0/s1. The fourth-order valence-electron chi connectivity index (χ4n) is 6.32. The smallest absolute Gasteiger partial charge is 0.326 e. The highest BCUT2D eigenvalue weighted by molar-refractivity contribution is 5.96. The second-order valence-electron chi connectivity index (χ2n) is 11.0. The van der Waals surface area contributed by atoms with E-state index in [0.717, 1.165) is 23.1 Å². The first-order valence-corrected chi connectivity index (χ1v) is 14.0. The third-order valence-electron chi connectivity index (χ3n) is 8.32. The summed E-state index contributed by atoms with van der Waals surface area (Å²) in [6, 6.07) is 25.8. The van der Waals surface area contributed by atoms with E-state index in [0.29, 0.717) is 36.8 Å². The largest absolute Gasteiger partial charge is 0.480 e. The lowest BCUT2D eigenvalue weighted by atomic mass is 9.93. The van der Waals surface area contributed by atoms with Gasteiger partial charge in [-0.1, -0.05) is 79.2 Å². The Labute approximate surface area is 230 Å². The fraction of sp³-hybridized carbons (Fsp3) is 0.364. The molecule has 39 heavy (non-hydrogen) atoms. The van der Waals surface area contributed by atoms with Crippen LogP contribution in [0.2, 0.25) is 0 Å². The van der Waals surface area contributed by atoms with Crippen LogP contribution in [0.15, 0.2) is 84.9 Å². The number of benzene rings is 3. The van der Waals surface area contributed by atoms with Crippen molar-refractivity contribution in [3.63, 3.8) is 0 Å². The topological polar surface area (TPSA) is 86.7 Å². The van der Waals surface area contributed by atoms with Gasteiger partial charge in [-0.3, -0.25) is 9.59 Å². The van der Waals surface area contributed by atoms with E-state index in [2.05, 4.69) is 22.3 Å². The van der Waals surface area contributed by atoms with Crippen LogP contribution in [0.4, 0.5) is 0 Å². The molecular formula is C33H36N2O4. The van der Waals surface area contributed by atoms with E-state index in [4.69, 9.17) is 0 Å². The zero-order valence-electron chi connectivity index (χ0n) is 22.2. The molecule has 202 valence electrons. The molecule has 2 N–H and O–H groups in total. The van der Waals surface area contributed by atoms with Gasteiger partial charge in [-0.05, 0) is 66.3 Å². The van der Waals surface area contributed by atoms with Crippen LogP contribution < -0.4 is 5.32 Å². The van der Waals surface area contributed by atoms with Crippen LogP contribution in [0, 0.1) is 11.8 Å². The van der Waals surface area contributed by atoms with Gasteiger partial charge in [0.1, 0.15) is 6.04 Å². The Morgan fingerprint density at radius 3 is 2.18 bits per heavy atom. The van der Waals surface area contributed by atoms with Crippen LogP contribution in [0.5, 0.6) is 0 Å². The normalized spacial score (nSPS) is 20.4. The van der Waals surface area contributed by atoms with E-state index in [-0.39, 0.29) is 18.4 Å². The number of aryl methyl sites for hydroxylation is 1. The van der Waals surface area contributed by atoms with Gasteiger partial charge in [0, 0.05) is 31.0 Å². The van der Waals surface area contributed by atoms with Crippen molar-refractivity contribution in [2.75, 3.05) is 0 Å². The Bertz CT molecular complexity index is 1290. The minimum absolute atomic E-state index is 0.153. The summed E-state index contributed by atoms with van der Waals surface area (Å²) in [5.41, 5.74) is 3.28. The van der Waals surface area contributed by atoms with Crippen molar-refractivity contribution >= 4 is 17.8 Å². The van der Waals surface area contributed by atoms with Gasteiger partial charge < -0.3 is 15.3 Å². The van der Waals surface area contributed by atoms with Gasteiger partial charge in [0.05, 0.1) is 0 Å². The van der Waals surface area contributed by atoms with Crippen LogP contribution in [0.1, 0.15) is 59.2 Å². The summed E-state index contributed by atoms with van der Waals surface area (Å²) in [5.74, 6) is -0.0903. The minimum Gasteiger partial charge on any atom is -0.480 e. The summed E-state index contributed by atoms with van der Waals surface area (Å²) in [7, 11) is 0. The maximum Gasteiger partial charge on any atom is 0.326 e. The Hall–Kier alpha value is -3.93. The zero-order chi connectivity index (χ0) is 27.2. The second-order valence-corrected chi connectivity index (χ2v) is 11.0. The third kappa shape index (κ3) is 6.75. The van der Waals surface area contributed by atoms with Gasteiger partial charge in [0.15, 0.2) is 0 Å². The molecule has 4 atom stereocenters. The number of fused-ring (bicyclic) bond motifs is 2. The summed E-state index contributed by atoms with van der Waals surface area (Å²) < 4.78 is 0. The fourth-order valence-corrected chi connectivity index (χ4v) is 6.32. The summed E-state index contributed by atoms with van der Waals surface area (Å²) in [4.78, 5) is 40.6. The maximum atomic E-state index is 13.6. The Kier molecular flexibility index (Phi) is 8.40. The number of amides is 2. The van der Waals surface area contributed by atoms with E-state index >= 15 is 0 Å². The molecule has 3 unspecified atom stereocenters. The molecule has 2 aliphatic rings. The van der Waals surface area contributed by atoms with Crippen LogP contribution in [0.3, 0.4) is 0 Å². The van der Waals surface area contributed by atoms with E-state index < -0.39 is 17.9 Å². The molecule has 0 aliphatic heterocycles. The van der Waals surface area contributed by atoms with E-state index in [9.17, 15) is 19.5 Å². The van der Waals surface area contributed by atoms with Gasteiger partial charge in [-0.2, -0.15) is 0 Å². The molecular weight excluding hydrogens is 488 g/mol. The van der Waals surface area contributed by atoms with E-state index in [1.807, 2.05) is 60.7 Å². The van der Waals surface area contributed by atoms with Crippen LogP contribution >= 0.6 is 0 Å². The molecule has 0 heterocycles. The Morgan fingerprint density at radius 1 is 0.846 bits per heavy atom. The molecule has 3 aromatic carbocycles. The van der Waals surface area contributed by atoms with Crippen molar-refractivity contribution in [3.8, 4) is 0 Å². The number of carbonyl (C=O) groups is 3. The number of carbonyl (C=O) groups excluding carboxylic acids is 2. The Balaban J connectivity index is 1.29. The number of carboxylic acids is 1. The van der Waals surface area contributed by atoms with Crippen LogP contribution in [-0.2, 0) is 29.0 Å². The molecule has 2 amide bonds. The number of carboxylic acid groups (broad SMARTS) is 1. The van der Waals surface area contributed by atoms with Gasteiger partial charge >= 0.3 is 5.97 Å². The average molecular weight is 525 g/mol. The highest BCUT2D eigenvalue weighted by atomic mass is 16.4. The summed E-state index contributed by atoms with van der Waals surface area (Å²) in [6.45, 7) is 0.453. The lowest BCUT2D eigenvalue weighted by Gasteiger charge is -2.35. The molecule has 2 aliphatic carbocycles. The number of aliphatic carboxylic acids is 1. The van der Waals surface area contributed by atoms with Gasteiger partial charge in [-0.25, -0.2) is 4.79 Å². The minimum atomic E-state index is -1.07. The van der Waals surface area contributed by atoms with E-state index in [1.54, 1.807) is 12.1 Å². The van der Waals surface area contributed by atoms with Crippen molar-refractivity contribution in [1.29, 1.82) is 0 Å². The molecule has 6 nitrogen and oxygen atoms in total. The van der Waals surface area contributed by atoms with Gasteiger partial charge in [-0.15, -0.1) is 0 Å². The molecule has 2 saturated carbocycles. The summed E-state index contributed by atoms with van der Waals surface area (Å²) in [5, 5.41) is 12.4. The van der Waals surface area contributed by atoms with Crippen molar-refractivity contribution in [3.05, 3.63) is 107 Å². The molecule has 0 saturated heterocycles. The lowest BCUT2D eigenvalue weighted by Crippen LogP contribution is -2.43. The first-order valence-electron chi connectivity index (χ1n) is 14.0. The average Bonchev–Trinajstić information content (AvgIpc) is 3.59. The lowest BCUT2D eigenvalue weighted by molar-refractivity contribution is -0.139. The number of rotatable bonds is 11. The molecule has 2 bridgehead atoms. The molecule has 3 aromatic rings. The zero-order valence-corrected chi connectivity index (χ0v) is 22.2. The highest BCUT2D eigenvalue weighted by Gasteiger charge is 2.43. The molecule has 5 rings (SSSR count). The quantitative estimate of drug-likeness (QED) is 0.358. The van der Waals surface area contributed by atoms with Gasteiger partial charge in [0.25, 0.3) is 5.91 Å². The predicted molar refractivity (Wildman–Crippen MR) is 150 cm³/mol. The first kappa shape index (κ1) is 26.7. The molecule has 0 radical (unpaired) electrons. The number of nitrogens with zero attached hydrogens (tertiary/aromatic N) is 1. The number of nitrogens with one attached hydrogen (secondary N) is 1. The SMILES string of the molecule is O=C(N[C@@H](Cc1ccccc1)C(=O)O)c1cccc(CN(C(=O)CCc2ccccc2)C2CC3CCC2C3)c1. The van der Waals surface area contributed by atoms with Crippen molar-refractivity contribution < 1.29 is 19.5 Å². The number of hydrogen-bond donors (Lipinski definition) is 2. The van der Waals surface area contributed by atoms with Crippen molar-refractivity contribution in [2.45, 2.75) is 63.6 Å². The summed E-state index contributed by atoms with van der Waals surface area (Å²) >= 11 is 0. The monoisotopic (exact) mass is 524 g/mol. The highest BCUT2D eigenvalue weighted by Crippen LogP contribution is 2.47. The van der Waals surface area contributed by atoms with Crippen molar-refractivity contribution in [2.24, 2.45) is 11.8 Å². The summed E-state index contributed by atoms with van der Waals surface area (Å²) in [6.07, 6.45) is 6.06. The third-order valence-corrected chi connectivity index (χ3v) is 8.32. The molecule has 0 aromatic heterocycles. The molecule has 6 heteroatoms. The molecule has 2 fully saturated rings. The Morgan fingerprint density at radius 2 is 1.54 bits per heavy atom. The predicted octanol–water partition coefficient (Wildman–Crippen LogP) is 5.26. The van der Waals surface area contributed by atoms with Crippen LogP contribution in [0.25, 0.3) is 0 Å². The van der Waals surface area contributed by atoms with Crippen LogP contribution in [-0.4, -0.2) is 39.9 Å². The maximum absolute atomic E-state index is 13.6. The van der Waals surface area contributed by atoms with Gasteiger partial charge in [0.2, 0.25) is 5.91 Å². The van der Waals surface area contributed by atoms with E-state index in [1.165, 1.54) is 19.3 Å². The van der Waals surface area contributed by atoms with Crippen molar-refractivity contribution in [1.82, 2.24) is 10.2 Å². The number of hydrogen-bond acceptors (Lipinski definition) is 3. The first-order chi connectivity index (χ1) is 19.0.